The zero-order valence-electron chi connectivity index (χ0n) is 18.6. The van der Waals surface area contributed by atoms with Crippen LogP contribution >= 0.6 is 0 Å². The van der Waals surface area contributed by atoms with Crippen molar-refractivity contribution in [3.05, 3.63) is 71.3 Å². The van der Waals surface area contributed by atoms with Gasteiger partial charge in [-0.1, -0.05) is 68.4 Å². The van der Waals surface area contributed by atoms with Gasteiger partial charge in [0.2, 0.25) is 5.91 Å². The molecule has 1 heterocycles. The van der Waals surface area contributed by atoms with Crippen LogP contribution in [-0.4, -0.2) is 35.3 Å². The summed E-state index contributed by atoms with van der Waals surface area (Å²) in [6.07, 6.45) is 1.62. The van der Waals surface area contributed by atoms with E-state index < -0.39 is 17.5 Å². The Labute approximate surface area is 184 Å². The van der Waals surface area contributed by atoms with Crippen molar-refractivity contribution in [3.8, 4) is 0 Å². The van der Waals surface area contributed by atoms with Gasteiger partial charge < -0.3 is 10.6 Å². The number of nitrogens with one attached hydrogen (secondary N) is 2. The average molecular weight is 422 g/mol. The Morgan fingerprint density at radius 3 is 2.29 bits per heavy atom. The average Bonchev–Trinajstić information content (AvgIpc) is 2.97. The molecular formula is C25H31N3O3. The van der Waals surface area contributed by atoms with Gasteiger partial charge >= 0.3 is 6.03 Å². The first-order chi connectivity index (χ1) is 14.7. The quantitative estimate of drug-likeness (QED) is 0.638. The molecule has 0 aromatic heterocycles. The molecule has 0 bridgehead atoms. The van der Waals surface area contributed by atoms with E-state index >= 15 is 0 Å². The normalized spacial score (nSPS) is 19.5. The number of amides is 4. The second kappa shape index (κ2) is 9.33. The first-order valence-corrected chi connectivity index (χ1v) is 10.8. The van der Waals surface area contributed by atoms with E-state index in [4.69, 9.17) is 0 Å². The predicted octanol–water partition coefficient (Wildman–Crippen LogP) is 3.71. The molecule has 0 spiro atoms. The number of nitrogens with zero attached hydrogens (tertiary/aromatic N) is 1. The molecule has 2 aromatic carbocycles. The van der Waals surface area contributed by atoms with Crippen LogP contribution in [0.3, 0.4) is 0 Å². The Balaban J connectivity index is 1.59. The third-order valence-corrected chi connectivity index (χ3v) is 5.85. The fourth-order valence-electron chi connectivity index (χ4n) is 3.80. The zero-order chi connectivity index (χ0) is 22.6. The molecule has 2 atom stereocenters. The summed E-state index contributed by atoms with van der Waals surface area (Å²) in [6.45, 7) is 7.51. The first kappa shape index (κ1) is 22.5. The van der Waals surface area contributed by atoms with Gasteiger partial charge in [-0.05, 0) is 49.3 Å². The van der Waals surface area contributed by atoms with Gasteiger partial charge in [0.25, 0.3) is 5.91 Å². The summed E-state index contributed by atoms with van der Waals surface area (Å²) >= 11 is 0. The van der Waals surface area contributed by atoms with Crippen LogP contribution in [0.4, 0.5) is 4.79 Å². The smallest absolute Gasteiger partial charge is 0.325 e. The molecule has 0 saturated carbocycles. The molecule has 0 radical (unpaired) electrons. The maximum atomic E-state index is 13.1. The lowest BCUT2D eigenvalue weighted by Gasteiger charge is -2.23. The molecule has 3 rings (SSSR count). The standard InChI is InChI=1S/C25H31N3O3/c1-17(2)20-12-14-21(15-13-20)25(4)23(30)28(24(31)27-25)16-22(29)26-18(3)10-11-19-8-6-5-7-9-19/h5-9,12-15,17-18H,10-11,16H2,1-4H3,(H,26,29)(H,27,31)/t18-,25+/m1/s1. The number of carbonyl (C=O) groups excluding carboxylic acids is 3. The third-order valence-electron chi connectivity index (χ3n) is 5.85. The number of hydrogen-bond acceptors (Lipinski definition) is 3. The van der Waals surface area contributed by atoms with E-state index in [9.17, 15) is 14.4 Å². The van der Waals surface area contributed by atoms with Crippen molar-refractivity contribution in [2.24, 2.45) is 0 Å². The molecule has 1 aliphatic heterocycles. The Bertz CT molecular complexity index is 940. The highest BCUT2D eigenvalue weighted by atomic mass is 16.2. The van der Waals surface area contributed by atoms with E-state index in [0.29, 0.717) is 11.5 Å². The molecule has 1 aliphatic rings. The lowest BCUT2D eigenvalue weighted by atomic mass is 9.90. The Morgan fingerprint density at radius 1 is 1.03 bits per heavy atom. The molecule has 0 unspecified atom stereocenters. The molecule has 0 aliphatic carbocycles. The van der Waals surface area contributed by atoms with Crippen LogP contribution in [0.5, 0.6) is 0 Å². The summed E-state index contributed by atoms with van der Waals surface area (Å²) in [6, 6.07) is 17.1. The van der Waals surface area contributed by atoms with Crippen LogP contribution in [0.2, 0.25) is 0 Å². The topological polar surface area (TPSA) is 78.5 Å². The highest BCUT2D eigenvalue weighted by molar-refractivity contribution is 6.09. The summed E-state index contributed by atoms with van der Waals surface area (Å²) < 4.78 is 0. The van der Waals surface area contributed by atoms with Crippen molar-refractivity contribution in [3.63, 3.8) is 0 Å². The van der Waals surface area contributed by atoms with Crippen LogP contribution in [-0.2, 0) is 21.5 Å². The minimum atomic E-state index is -1.17. The van der Waals surface area contributed by atoms with Crippen molar-refractivity contribution in [2.75, 3.05) is 6.54 Å². The summed E-state index contributed by atoms with van der Waals surface area (Å²) in [5, 5.41) is 5.65. The highest BCUT2D eigenvalue weighted by Gasteiger charge is 2.49. The van der Waals surface area contributed by atoms with Gasteiger partial charge in [0.05, 0.1) is 0 Å². The maximum absolute atomic E-state index is 13.1. The van der Waals surface area contributed by atoms with Crippen molar-refractivity contribution < 1.29 is 14.4 Å². The van der Waals surface area contributed by atoms with Gasteiger partial charge in [-0.25, -0.2) is 4.79 Å². The zero-order valence-corrected chi connectivity index (χ0v) is 18.6. The number of urea groups is 1. The molecule has 6 heteroatoms. The van der Waals surface area contributed by atoms with Crippen molar-refractivity contribution in [2.45, 2.75) is 58.0 Å². The van der Waals surface area contributed by atoms with E-state index in [1.807, 2.05) is 49.4 Å². The SMILES string of the molecule is CC(C)c1ccc([C@]2(C)NC(=O)N(CC(=O)N[C@H](C)CCc3ccccc3)C2=O)cc1. The van der Waals surface area contributed by atoms with Crippen molar-refractivity contribution in [1.82, 2.24) is 15.5 Å². The number of aryl methyl sites for hydroxylation is 1. The molecule has 1 saturated heterocycles. The minimum Gasteiger partial charge on any atom is -0.352 e. The molecule has 164 valence electrons. The fourth-order valence-corrected chi connectivity index (χ4v) is 3.80. The van der Waals surface area contributed by atoms with E-state index in [0.717, 1.165) is 23.3 Å². The Kier molecular flexibility index (Phi) is 6.78. The van der Waals surface area contributed by atoms with Crippen LogP contribution in [0, 0.1) is 0 Å². The minimum absolute atomic E-state index is 0.0663. The number of benzene rings is 2. The van der Waals surface area contributed by atoms with E-state index in [1.165, 1.54) is 5.56 Å². The molecule has 4 amide bonds. The van der Waals surface area contributed by atoms with Crippen molar-refractivity contribution in [1.29, 1.82) is 0 Å². The van der Waals surface area contributed by atoms with Crippen LogP contribution in [0.1, 0.15) is 56.7 Å². The monoisotopic (exact) mass is 421 g/mol. The Hall–Kier alpha value is -3.15. The highest BCUT2D eigenvalue weighted by Crippen LogP contribution is 2.29. The molecule has 2 aromatic rings. The van der Waals surface area contributed by atoms with Gasteiger partial charge in [-0.2, -0.15) is 0 Å². The molecular weight excluding hydrogens is 390 g/mol. The van der Waals surface area contributed by atoms with Crippen LogP contribution < -0.4 is 10.6 Å². The van der Waals surface area contributed by atoms with Crippen LogP contribution in [0.25, 0.3) is 0 Å². The summed E-state index contributed by atoms with van der Waals surface area (Å²) in [7, 11) is 0. The van der Waals surface area contributed by atoms with Gasteiger partial charge in [0, 0.05) is 6.04 Å². The summed E-state index contributed by atoms with van der Waals surface area (Å²) in [5.74, 6) is -0.384. The van der Waals surface area contributed by atoms with Gasteiger partial charge in [0.1, 0.15) is 12.1 Å². The second-order valence-electron chi connectivity index (χ2n) is 8.72. The molecule has 31 heavy (non-hydrogen) atoms. The molecule has 1 fully saturated rings. The summed E-state index contributed by atoms with van der Waals surface area (Å²) in [5.41, 5.74) is 1.89. The van der Waals surface area contributed by atoms with Gasteiger partial charge in [-0.15, -0.1) is 0 Å². The number of imide groups is 1. The molecule has 2 N–H and O–H groups in total. The molecule has 6 nitrogen and oxygen atoms in total. The largest absolute Gasteiger partial charge is 0.352 e. The number of carbonyl (C=O) groups is 3. The predicted molar refractivity (Wildman–Crippen MR) is 120 cm³/mol. The lowest BCUT2D eigenvalue weighted by Crippen LogP contribution is -2.45. The van der Waals surface area contributed by atoms with E-state index in [-0.39, 0.29) is 18.5 Å². The first-order valence-electron chi connectivity index (χ1n) is 10.8. The fraction of sp³-hybridized carbons (Fsp3) is 0.400. The number of hydrogen-bond donors (Lipinski definition) is 2. The third kappa shape index (κ3) is 5.13. The van der Waals surface area contributed by atoms with E-state index in [2.05, 4.69) is 36.6 Å². The van der Waals surface area contributed by atoms with E-state index in [1.54, 1.807) is 6.92 Å². The lowest BCUT2D eigenvalue weighted by molar-refractivity contribution is -0.135. The summed E-state index contributed by atoms with van der Waals surface area (Å²) in [4.78, 5) is 39.0. The number of rotatable bonds is 8. The van der Waals surface area contributed by atoms with Crippen molar-refractivity contribution >= 4 is 17.8 Å². The van der Waals surface area contributed by atoms with Gasteiger partial charge in [0.15, 0.2) is 0 Å². The second-order valence-corrected chi connectivity index (χ2v) is 8.72. The maximum Gasteiger partial charge on any atom is 0.325 e. The van der Waals surface area contributed by atoms with Crippen LogP contribution in [0.15, 0.2) is 54.6 Å². The Morgan fingerprint density at radius 2 is 1.68 bits per heavy atom. The van der Waals surface area contributed by atoms with Gasteiger partial charge in [-0.3, -0.25) is 14.5 Å².